The largest absolute Gasteiger partial charge is 0.453 e. The van der Waals surface area contributed by atoms with Crippen LogP contribution in [0.15, 0.2) is 54.6 Å². The van der Waals surface area contributed by atoms with Crippen molar-refractivity contribution in [3.05, 3.63) is 71.3 Å². The van der Waals surface area contributed by atoms with Gasteiger partial charge in [0.1, 0.15) is 0 Å². The van der Waals surface area contributed by atoms with Crippen molar-refractivity contribution in [2.45, 2.75) is 13.0 Å². The number of benzene rings is 2. The summed E-state index contributed by atoms with van der Waals surface area (Å²) in [5.41, 5.74) is 2.06. The fourth-order valence-electron chi connectivity index (χ4n) is 1.93. The molecule has 0 radical (unpaired) electrons. The monoisotopic (exact) mass is 251 g/mol. The second-order valence-corrected chi connectivity index (χ2v) is 4.10. The summed E-state index contributed by atoms with van der Waals surface area (Å²) in [6.07, 6.45) is -0.547. The molecular weight excluding hydrogens is 238 g/mol. The van der Waals surface area contributed by atoms with E-state index in [-0.39, 0.29) is 5.97 Å². The van der Waals surface area contributed by atoms with Crippen LogP contribution >= 0.6 is 0 Å². The van der Waals surface area contributed by atoms with Gasteiger partial charge in [-0.15, -0.1) is 0 Å². The third-order valence-corrected chi connectivity index (χ3v) is 2.75. The van der Waals surface area contributed by atoms with E-state index >= 15 is 0 Å². The number of nitriles is 1. The van der Waals surface area contributed by atoms with Gasteiger partial charge in [-0.2, -0.15) is 5.26 Å². The predicted octanol–water partition coefficient (Wildman–Crippen LogP) is 3.21. The number of nitrogens with zero attached hydrogens (tertiary/aromatic N) is 1. The van der Waals surface area contributed by atoms with Crippen molar-refractivity contribution in [1.82, 2.24) is 0 Å². The molecule has 0 saturated carbocycles. The maximum atomic E-state index is 11.3. The summed E-state index contributed by atoms with van der Waals surface area (Å²) in [7, 11) is 0. The molecule has 3 heteroatoms. The first kappa shape index (κ1) is 12.8. The molecule has 2 rings (SSSR count). The smallest absolute Gasteiger partial charge is 0.303 e. The van der Waals surface area contributed by atoms with Gasteiger partial charge in [-0.3, -0.25) is 4.79 Å². The highest BCUT2D eigenvalue weighted by atomic mass is 16.5. The van der Waals surface area contributed by atoms with E-state index < -0.39 is 6.10 Å². The van der Waals surface area contributed by atoms with Crippen LogP contribution in [0.25, 0.3) is 0 Å². The molecule has 0 aliphatic carbocycles. The number of carbonyl (C=O) groups is 1. The molecule has 2 aromatic rings. The summed E-state index contributed by atoms with van der Waals surface area (Å²) in [6, 6.07) is 18.7. The van der Waals surface area contributed by atoms with E-state index in [1.165, 1.54) is 6.92 Å². The molecule has 0 heterocycles. The molecule has 0 aliphatic heterocycles. The Bertz CT molecular complexity index is 614. The van der Waals surface area contributed by atoms with Crippen LogP contribution in [-0.2, 0) is 9.53 Å². The normalized spacial score (nSPS) is 11.4. The van der Waals surface area contributed by atoms with Gasteiger partial charge in [0.15, 0.2) is 6.10 Å². The molecule has 0 aliphatic rings. The molecule has 0 fully saturated rings. The van der Waals surface area contributed by atoms with Gasteiger partial charge in [-0.1, -0.05) is 48.5 Å². The second kappa shape index (κ2) is 5.83. The van der Waals surface area contributed by atoms with Crippen LogP contribution < -0.4 is 0 Å². The number of hydrogen-bond donors (Lipinski definition) is 0. The first-order valence-electron chi connectivity index (χ1n) is 5.93. The fraction of sp³-hybridized carbons (Fsp3) is 0.125. The lowest BCUT2D eigenvalue weighted by molar-refractivity contribution is -0.144. The van der Waals surface area contributed by atoms with E-state index in [1.54, 1.807) is 18.2 Å². The molecule has 0 spiro atoms. The highest BCUT2D eigenvalue weighted by Crippen LogP contribution is 2.28. The van der Waals surface area contributed by atoms with Crippen LogP contribution in [0, 0.1) is 11.3 Å². The Labute approximate surface area is 112 Å². The summed E-state index contributed by atoms with van der Waals surface area (Å²) < 4.78 is 5.37. The Morgan fingerprint density at radius 3 is 2.37 bits per heavy atom. The van der Waals surface area contributed by atoms with E-state index in [1.807, 2.05) is 36.4 Å². The first-order chi connectivity index (χ1) is 9.22. The Morgan fingerprint density at radius 2 is 1.74 bits per heavy atom. The van der Waals surface area contributed by atoms with Crippen molar-refractivity contribution in [3.63, 3.8) is 0 Å². The van der Waals surface area contributed by atoms with Crippen LogP contribution in [0.5, 0.6) is 0 Å². The molecule has 0 bridgehead atoms. The molecule has 3 nitrogen and oxygen atoms in total. The van der Waals surface area contributed by atoms with E-state index in [9.17, 15) is 4.79 Å². The average molecular weight is 251 g/mol. The molecular formula is C16H13NO2. The molecule has 1 atom stereocenters. The minimum Gasteiger partial charge on any atom is -0.453 e. The maximum absolute atomic E-state index is 11.3. The summed E-state index contributed by atoms with van der Waals surface area (Å²) in [4.78, 5) is 11.3. The summed E-state index contributed by atoms with van der Waals surface area (Å²) in [5, 5.41) is 9.16. The van der Waals surface area contributed by atoms with Crippen molar-refractivity contribution in [2.75, 3.05) is 0 Å². The van der Waals surface area contributed by atoms with Crippen molar-refractivity contribution < 1.29 is 9.53 Å². The molecule has 2 aromatic carbocycles. The van der Waals surface area contributed by atoms with Gasteiger partial charge in [0.2, 0.25) is 0 Å². The van der Waals surface area contributed by atoms with E-state index in [0.29, 0.717) is 11.1 Å². The van der Waals surface area contributed by atoms with Crippen LogP contribution in [0.3, 0.4) is 0 Å². The molecule has 0 saturated heterocycles. The van der Waals surface area contributed by atoms with Crippen LogP contribution in [0.4, 0.5) is 0 Å². The standard InChI is InChI=1S/C16H13NO2/c1-12(18)19-16(13-7-3-2-4-8-13)15-10-6-5-9-14(15)11-17/h2-10,16H,1H3. The van der Waals surface area contributed by atoms with E-state index in [4.69, 9.17) is 10.00 Å². The first-order valence-corrected chi connectivity index (χ1v) is 5.93. The quantitative estimate of drug-likeness (QED) is 0.787. The number of rotatable bonds is 3. The Hall–Kier alpha value is -2.60. The van der Waals surface area contributed by atoms with E-state index in [0.717, 1.165) is 5.56 Å². The molecule has 0 aromatic heterocycles. The highest BCUT2D eigenvalue weighted by Gasteiger charge is 2.19. The predicted molar refractivity (Wildman–Crippen MR) is 71.2 cm³/mol. The van der Waals surface area contributed by atoms with Crippen molar-refractivity contribution in [3.8, 4) is 6.07 Å². The lowest BCUT2D eigenvalue weighted by Gasteiger charge is -2.18. The Balaban J connectivity index is 2.50. The van der Waals surface area contributed by atoms with Gasteiger partial charge in [-0.05, 0) is 11.6 Å². The van der Waals surface area contributed by atoms with Gasteiger partial charge in [0.05, 0.1) is 11.6 Å². The van der Waals surface area contributed by atoms with Crippen LogP contribution in [0.2, 0.25) is 0 Å². The molecule has 19 heavy (non-hydrogen) atoms. The van der Waals surface area contributed by atoms with Crippen molar-refractivity contribution >= 4 is 5.97 Å². The highest BCUT2D eigenvalue weighted by molar-refractivity contribution is 5.67. The van der Waals surface area contributed by atoms with Gasteiger partial charge in [0, 0.05) is 12.5 Å². The third kappa shape index (κ3) is 2.99. The van der Waals surface area contributed by atoms with Crippen LogP contribution in [0.1, 0.15) is 29.7 Å². The zero-order chi connectivity index (χ0) is 13.7. The average Bonchev–Trinajstić information content (AvgIpc) is 2.45. The zero-order valence-corrected chi connectivity index (χ0v) is 10.5. The van der Waals surface area contributed by atoms with Gasteiger partial charge < -0.3 is 4.74 Å². The lowest BCUT2D eigenvalue weighted by atomic mass is 9.97. The minimum atomic E-state index is -0.547. The lowest BCUT2D eigenvalue weighted by Crippen LogP contribution is -2.11. The van der Waals surface area contributed by atoms with E-state index in [2.05, 4.69) is 6.07 Å². The van der Waals surface area contributed by atoms with Crippen LogP contribution in [-0.4, -0.2) is 5.97 Å². The Kier molecular flexibility index (Phi) is 3.94. The number of ether oxygens (including phenoxy) is 1. The topological polar surface area (TPSA) is 50.1 Å². The molecule has 94 valence electrons. The fourth-order valence-corrected chi connectivity index (χ4v) is 1.93. The number of hydrogen-bond acceptors (Lipinski definition) is 3. The number of carbonyl (C=O) groups excluding carboxylic acids is 1. The van der Waals surface area contributed by atoms with Gasteiger partial charge in [0.25, 0.3) is 0 Å². The van der Waals surface area contributed by atoms with Crippen molar-refractivity contribution in [2.24, 2.45) is 0 Å². The summed E-state index contributed by atoms with van der Waals surface area (Å²) in [5.74, 6) is -0.374. The molecule has 0 N–H and O–H groups in total. The summed E-state index contributed by atoms with van der Waals surface area (Å²) in [6.45, 7) is 1.37. The Morgan fingerprint density at radius 1 is 1.11 bits per heavy atom. The minimum absolute atomic E-state index is 0.374. The second-order valence-electron chi connectivity index (χ2n) is 4.10. The molecule has 0 amide bonds. The van der Waals surface area contributed by atoms with Crippen molar-refractivity contribution in [1.29, 1.82) is 5.26 Å². The van der Waals surface area contributed by atoms with Gasteiger partial charge in [-0.25, -0.2) is 0 Å². The maximum Gasteiger partial charge on any atom is 0.303 e. The zero-order valence-electron chi connectivity index (χ0n) is 10.5. The molecule has 1 unspecified atom stereocenters. The SMILES string of the molecule is CC(=O)OC(c1ccccc1)c1ccccc1C#N. The third-order valence-electron chi connectivity index (χ3n) is 2.75. The summed E-state index contributed by atoms with van der Waals surface area (Å²) >= 11 is 0. The number of esters is 1. The van der Waals surface area contributed by atoms with Gasteiger partial charge >= 0.3 is 5.97 Å².